The van der Waals surface area contributed by atoms with Gasteiger partial charge in [0, 0.05) is 23.7 Å². The van der Waals surface area contributed by atoms with E-state index in [0.717, 1.165) is 10.3 Å². The molecule has 9 heteroatoms. The van der Waals surface area contributed by atoms with E-state index < -0.39 is 0 Å². The molecule has 1 aromatic carbocycles. The third kappa shape index (κ3) is 4.17. The van der Waals surface area contributed by atoms with Crippen LogP contribution in [0.5, 0.6) is 5.75 Å². The zero-order chi connectivity index (χ0) is 22.0. The van der Waals surface area contributed by atoms with E-state index in [-0.39, 0.29) is 24.6 Å². The van der Waals surface area contributed by atoms with Gasteiger partial charge in [-0.2, -0.15) is 0 Å². The number of carbonyl (C=O) groups is 1. The fourth-order valence-electron chi connectivity index (χ4n) is 3.15. The monoisotopic (exact) mass is 435 g/mol. The van der Waals surface area contributed by atoms with E-state index in [1.54, 1.807) is 38.3 Å². The van der Waals surface area contributed by atoms with Gasteiger partial charge in [0.1, 0.15) is 17.8 Å². The number of carbonyl (C=O) groups excluding carboxylic acids is 1. The number of aryl methyl sites for hydroxylation is 1. The number of anilines is 1. The molecule has 0 aliphatic heterocycles. The molecule has 31 heavy (non-hydrogen) atoms. The Hall–Kier alpha value is -3.59. The van der Waals surface area contributed by atoms with Gasteiger partial charge in [-0.3, -0.25) is 24.0 Å². The highest BCUT2D eigenvalue weighted by Crippen LogP contribution is 2.34. The number of pyridine rings is 1. The lowest BCUT2D eigenvalue weighted by atomic mass is 10.2. The van der Waals surface area contributed by atoms with Crippen molar-refractivity contribution in [2.45, 2.75) is 26.9 Å². The largest absolute Gasteiger partial charge is 0.494 e. The molecule has 4 rings (SSSR count). The maximum atomic E-state index is 13.4. The molecular formula is C22H21N5O3S. The Bertz CT molecular complexity index is 1300. The molecule has 0 unspecified atom stereocenters. The highest BCUT2D eigenvalue weighted by Gasteiger charge is 2.22. The van der Waals surface area contributed by atoms with Crippen LogP contribution in [0.1, 0.15) is 16.8 Å². The minimum absolute atomic E-state index is 0.139. The molecule has 0 N–H and O–H groups in total. The topological polar surface area (TPSA) is 90.2 Å². The molecule has 0 radical (unpaired) electrons. The Morgan fingerprint density at radius 3 is 2.81 bits per heavy atom. The van der Waals surface area contributed by atoms with Crippen molar-refractivity contribution in [1.29, 1.82) is 0 Å². The van der Waals surface area contributed by atoms with Gasteiger partial charge in [0.25, 0.3) is 5.56 Å². The first kappa shape index (κ1) is 20.7. The third-order valence-corrected chi connectivity index (χ3v) is 6.05. The van der Waals surface area contributed by atoms with Crippen LogP contribution < -0.4 is 15.2 Å². The predicted molar refractivity (Wildman–Crippen MR) is 120 cm³/mol. The van der Waals surface area contributed by atoms with Crippen LogP contribution in [0, 0.1) is 13.8 Å². The molecule has 158 valence electrons. The van der Waals surface area contributed by atoms with E-state index in [2.05, 4.69) is 15.0 Å². The zero-order valence-electron chi connectivity index (χ0n) is 17.4. The van der Waals surface area contributed by atoms with Gasteiger partial charge in [-0.1, -0.05) is 23.5 Å². The van der Waals surface area contributed by atoms with Crippen molar-refractivity contribution < 1.29 is 9.53 Å². The Morgan fingerprint density at radius 2 is 2.06 bits per heavy atom. The number of thiazole rings is 1. The molecule has 0 fully saturated rings. The van der Waals surface area contributed by atoms with Gasteiger partial charge in [-0.05, 0) is 37.6 Å². The summed E-state index contributed by atoms with van der Waals surface area (Å²) in [4.78, 5) is 40.5. The SMILES string of the molecule is COc1cccc2sc(N(Cc3cccnc3)C(=O)Cn3cnc(C)c(C)c3=O)nc12. The fraction of sp³-hybridized carbons (Fsp3) is 0.227. The van der Waals surface area contributed by atoms with Gasteiger partial charge in [-0.25, -0.2) is 9.97 Å². The number of methoxy groups -OCH3 is 1. The second-order valence-corrected chi connectivity index (χ2v) is 8.04. The number of para-hydroxylation sites is 1. The van der Waals surface area contributed by atoms with Crippen LogP contribution >= 0.6 is 11.3 Å². The number of hydrogen-bond acceptors (Lipinski definition) is 7. The fourth-order valence-corrected chi connectivity index (χ4v) is 4.15. The summed E-state index contributed by atoms with van der Waals surface area (Å²) in [7, 11) is 1.59. The van der Waals surface area contributed by atoms with Crippen molar-refractivity contribution in [3.63, 3.8) is 0 Å². The van der Waals surface area contributed by atoms with Crippen molar-refractivity contribution >= 4 is 32.6 Å². The normalized spacial score (nSPS) is 10.9. The summed E-state index contributed by atoms with van der Waals surface area (Å²) < 4.78 is 7.65. The van der Waals surface area contributed by atoms with Crippen molar-refractivity contribution in [2.75, 3.05) is 12.0 Å². The smallest absolute Gasteiger partial charge is 0.256 e. The number of nitrogens with zero attached hydrogens (tertiary/aromatic N) is 5. The molecule has 4 aromatic rings. The maximum absolute atomic E-state index is 13.4. The van der Waals surface area contributed by atoms with Gasteiger partial charge in [-0.15, -0.1) is 0 Å². The number of aromatic nitrogens is 4. The van der Waals surface area contributed by atoms with Gasteiger partial charge in [0.2, 0.25) is 5.91 Å². The van der Waals surface area contributed by atoms with Gasteiger partial charge in [0.15, 0.2) is 5.13 Å². The summed E-state index contributed by atoms with van der Waals surface area (Å²) >= 11 is 1.39. The van der Waals surface area contributed by atoms with E-state index in [1.165, 1.54) is 22.2 Å². The molecule has 0 saturated carbocycles. The molecule has 1 amide bonds. The first-order valence-corrected chi connectivity index (χ1v) is 10.4. The summed E-state index contributed by atoms with van der Waals surface area (Å²) in [5, 5.41) is 0.526. The second kappa shape index (κ2) is 8.65. The molecule has 3 heterocycles. The molecule has 0 aliphatic carbocycles. The average molecular weight is 436 g/mol. The summed E-state index contributed by atoms with van der Waals surface area (Å²) in [6, 6.07) is 9.36. The molecule has 3 aromatic heterocycles. The minimum Gasteiger partial charge on any atom is -0.494 e. The van der Waals surface area contributed by atoms with Crippen LogP contribution in [0.4, 0.5) is 5.13 Å². The highest BCUT2D eigenvalue weighted by molar-refractivity contribution is 7.22. The minimum atomic E-state index is -0.269. The van der Waals surface area contributed by atoms with E-state index >= 15 is 0 Å². The van der Waals surface area contributed by atoms with Crippen molar-refractivity contribution in [3.05, 3.63) is 76.2 Å². The molecule has 0 spiro atoms. The Kier molecular flexibility index (Phi) is 5.77. The second-order valence-electron chi connectivity index (χ2n) is 7.03. The maximum Gasteiger partial charge on any atom is 0.256 e. The molecule has 0 atom stereocenters. The standard InChI is InChI=1S/C22H21N5O3S/c1-14-15(2)24-13-26(21(14)29)12-19(28)27(11-16-6-5-9-23-10-16)22-25-20-17(30-3)7-4-8-18(20)31-22/h4-10,13H,11-12H2,1-3H3. The van der Waals surface area contributed by atoms with E-state index in [0.29, 0.717) is 27.7 Å². The number of benzene rings is 1. The van der Waals surface area contributed by atoms with Crippen molar-refractivity contribution in [2.24, 2.45) is 0 Å². The van der Waals surface area contributed by atoms with Crippen molar-refractivity contribution in [1.82, 2.24) is 19.5 Å². The lowest BCUT2D eigenvalue weighted by molar-refractivity contribution is -0.119. The van der Waals surface area contributed by atoms with Crippen LogP contribution in [0.3, 0.4) is 0 Å². The first-order valence-electron chi connectivity index (χ1n) is 9.63. The Morgan fingerprint density at radius 1 is 1.23 bits per heavy atom. The van der Waals surface area contributed by atoms with Crippen LogP contribution in [0.2, 0.25) is 0 Å². The number of rotatable bonds is 6. The van der Waals surface area contributed by atoms with Crippen LogP contribution in [-0.2, 0) is 17.9 Å². The number of amides is 1. The van der Waals surface area contributed by atoms with Crippen LogP contribution in [-0.4, -0.2) is 32.5 Å². The molecule has 0 saturated heterocycles. The van der Waals surface area contributed by atoms with Crippen molar-refractivity contribution in [3.8, 4) is 5.75 Å². The summed E-state index contributed by atoms with van der Waals surface area (Å²) in [5.74, 6) is 0.373. The molecular weight excluding hydrogens is 414 g/mol. The van der Waals surface area contributed by atoms with E-state index in [1.807, 2.05) is 30.3 Å². The van der Waals surface area contributed by atoms with Crippen LogP contribution in [0.25, 0.3) is 10.2 Å². The lowest BCUT2D eigenvalue weighted by Gasteiger charge is -2.20. The van der Waals surface area contributed by atoms with Crippen LogP contribution in [0.15, 0.2) is 53.8 Å². The zero-order valence-corrected chi connectivity index (χ0v) is 18.2. The number of ether oxygens (including phenoxy) is 1. The predicted octanol–water partition coefficient (Wildman–Crippen LogP) is 3.11. The molecule has 0 bridgehead atoms. The summed E-state index contributed by atoms with van der Waals surface area (Å²) in [5.41, 5.74) is 2.50. The quantitative estimate of drug-likeness (QED) is 0.462. The van der Waals surface area contributed by atoms with E-state index in [4.69, 9.17) is 4.74 Å². The van der Waals surface area contributed by atoms with E-state index in [9.17, 15) is 9.59 Å². The first-order chi connectivity index (χ1) is 15.0. The van der Waals surface area contributed by atoms with Gasteiger partial charge >= 0.3 is 0 Å². The summed E-state index contributed by atoms with van der Waals surface area (Å²) in [6.07, 6.45) is 4.79. The van der Waals surface area contributed by atoms with Gasteiger partial charge in [0.05, 0.1) is 24.7 Å². The molecule has 0 aliphatic rings. The number of hydrogen-bond donors (Lipinski definition) is 0. The highest BCUT2D eigenvalue weighted by atomic mass is 32.1. The van der Waals surface area contributed by atoms with Gasteiger partial charge < -0.3 is 4.74 Å². The third-order valence-electron chi connectivity index (χ3n) is 5.01. The number of fused-ring (bicyclic) bond motifs is 1. The lowest BCUT2D eigenvalue weighted by Crippen LogP contribution is -2.37. The Labute approximate surface area is 182 Å². The summed E-state index contributed by atoms with van der Waals surface area (Å²) in [6.45, 7) is 3.62. The Balaban J connectivity index is 1.73. The average Bonchev–Trinajstić information content (AvgIpc) is 3.22. The molecule has 8 nitrogen and oxygen atoms in total.